The van der Waals surface area contributed by atoms with Gasteiger partial charge in [-0.05, 0) is 24.7 Å². The molecule has 0 bridgehead atoms. The highest BCUT2D eigenvalue weighted by Crippen LogP contribution is 2.22. The van der Waals surface area contributed by atoms with Crippen molar-refractivity contribution in [2.75, 3.05) is 13.2 Å². The highest BCUT2D eigenvalue weighted by atomic mass is 16.5. The van der Waals surface area contributed by atoms with E-state index in [1.807, 2.05) is 0 Å². The standard InChI is InChI=1S/C7H14.C6H12O/c1-7-5-3-2-4-6-7;1-6-3-2-4-7-5-6/h7H,2-6H2,1H3;6H,2-5H2,1H3. The third kappa shape index (κ3) is 5.64. The molecule has 0 aromatic carbocycles. The number of ether oxygens (including phenoxy) is 1. The first-order valence-corrected chi connectivity index (χ1v) is 6.37. The molecule has 0 N–H and O–H groups in total. The van der Waals surface area contributed by atoms with Crippen LogP contribution in [-0.4, -0.2) is 13.2 Å². The molecule has 0 spiro atoms. The predicted molar refractivity (Wildman–Crippen MR) is 61.5 cm³/mol. The molecule has 0 aromatic heterocycles. The summed E-state index contributed by atoms with van der Waals surface area (Å²) in [7, 11) is 0. The molecular formula is C13H26O. The lowest BCUT2D eigenvalue weighted by molar-refractivity contribution is 0.0616. The largest absolute Gasteiger partial charge is 0.381 e. The Hall–Kier alpha value is -0.0400. The molecule has 14 heavy (non-hydrogen) atoms. The van der Waals surface area contributed by atoms with E-state index in [4.69, 9.17) is 4.74 Å². The van der Waals surface area contributed by atoms with E-state index in [1.54, 1.807) is 0 Å². The Bertz CT molecular complexity index is 105. The summed E-state index contributed by atoms with van der Waals surface area (Å²) >= 11 is 0. The summed E-state index contributed by atoms with van der Waals surface area (Å²) in [4.78, 5) is 0. The summed E-state index contributed by atoms with van der Waals surface area (Å²) in [6, 6.07) is 0. The lowest BCUT2D eigenvalue weighted by atomic mass is 9.91. The highest BCUT2D eigenvalue weighted by molar-refractivity contribution is 4.59. The predicted octanol–water partition coefficient (Wildman–Crippen LogP) is 4.02. The van der Waals surface area contributed by atoms with Crippen molar-refractivity contribution in [3.05, 3.63) is 0 Å². The van der Waals surface area contributed by atoms with E-state index >= 15 is 0 Å². The van der Waals surface area contributed by atoms with Crippen LogP contribution in [0.15, 0.2) is 0 Å². The molecule has 1 saturated carbocycles. The second kappa shape index (κ2) is 7.28. The van der Waals surface area contributed by atoms with Crippen LogP contribution in [0.3, 0.4) is 0 Å². The summed E-state index contributed by atoms with van der Waals surface area (Å²) in [5.74, 6) is 1.85. The summed E-state index contributed by atoms with van der Waals surface area (Å²) < 4.78 is 5.18. The maximum Gasteiger partial charge on any atom is 0.0491 e. The van der Waals surface area contributed by atoms with Crippen molar-refractivity contribution in [1.82, 2.24) is 0 Å². The summed E-state index contributed by atoms with van der Waals surface area (Å²) in [5, 5.41) is 0. The first kappa shape index (κ1) is 12.0. The Kier molecular flexibility index (Phi) is 6.25. The molecule has 0 aromatic rings. The molecule has 1 aliphatic carbocycles. The normalized spacial score (nSPS) is 29.1. The van der Waals surface area contributed by atoms with Crippen LogP contribution in [0.4, 0.5) is 0 Å². The lowest BCUT2D eigenvalue weighted by Gasteiger charge is -2.16. The Labute approximate surface area is 89.2 Å². The maximum atomic E-state index is 5.18. The molecular weight excluding hydrogens is 172 g/mol. The SMILES string of the molecule is CC1CCCCC1.CC1CCCOC1. The van der Waals surface area contributed by atoms with Crippen LogP contribution >= 0.6 is 0 Å². The molecule has 1 heteroatoms. The number of hydrogen-bond acceptors (Lipinski definition) is 1. The Balaban J connectivity index is 0.000000140. The molecule has 2 rings (SSSR count). The van der Waals surface area contributed by atoms with Gasteiger partial charge in [0.25, 0.3) is 0 Å². The summed E-state index contributed by atoms with van der Waals surface area (Å²) in [6.07, 6.45) is 10.1. The van der Waals surface area contributed by atoms with Crippen molar-refractivity contribution in [2.24, 2.45) is 11.8 Å². The van der Waals surface area contributed by atoms with Crippen molar-refractivity contribution in [2.45, 2.75) is 58.8 Å². The van der Waals surface area contributed by atoms with E-state index < -0.39 is 0 Å². The smallest absolute Gasteiger partial charge is 0.0491 e. The van der Waals surface area contributed by atoms with Gasteiger partial charge in [-0.2, -0.15) is 0 Å². The van der Waals surface area contributed by atoms with Crippen LogP contribution in [0.5, 0.6) is 0 Å². The zero-order valence-corrected chi connectivity index (χ0v) is 9.93. The van der Waals surface area contributed by atoms with Crippen molar-refractivity contribution < 1.29 is 4.74 Å². The Morgan fingerprint density at radius 1 is 0.786 bits per heavy atom. The summed E-state index contributed by atoms with van der Waals surface area (Å²) in [5.41, 5.74) is 0. The van der Waals surface area contributed by atoms with Crippen molar-refractivity contribution >= 4 is 0 Å². The van der Waals surface area contributed by atoms with Gasteiger partial charge in [-0.1, -0.05) is 46.0 Å². The quantitative estimate of drug-likeness (QED) is 0.571. The van der Waals surface area contributed by atoms with Crippen LogP contribution in [-0.2, 0) is 4.74 Å². The molecule has 2 aliphatic rings. The van der Waals surface area contributed by atoms with Gasteiger partial charge in [-0.3, -0.25) is 0 Å². The maximum absolute atomic E-state index is 5.18. The van der Waals surface area contributed by atoms with Gasteiger partial charge >= 0.3 is 0 Å². The molecule has 1 atom stereocenters. The minimum absolute atomic E-state index is 0.814. The molecule has 2 fully saturated rings. The van der Waals surface area contributed by atoms with Crippen LogP contribution in [0, 0.1) is 11.8 Å². The average molecular weight is 198 g/mol. The van der Waals surface area contributed by atoms with Crippen LogP contribution < -0.4 is 0 Å². The molecule has 1 unspecified atom stereocenters. The zero-order valence-electron chi connectivity index (χ0n) is 9.93. The van der Waals surface area contributed by atoms with Gasteiger partial charge in [-0.15, -0.1) is 0 Å². The van der Waals surface area contributed by atoms with E-state index in [2.05, 4.69) is 13.8 Å². The van der Waals surface area contributed by atoms with Gasteiger partial charge in [0.05, 0.1) is 0 Å². The van der Waals surface area contributed by atoms with Crippen molar-refractivity contribution in [3.63, 3.8) is 0 Å². The fourth-order valence-electron chi connectivity index (χ4n) is 2.21. The van der Waals surface area contributed by atoms with Gasteiger partial charge in [0, 0.05) is 13.2 Å². The van der Waals surface area contributed by atoms with Gasteiger partial charge in [0.1, 0.15) is 0 Å². The van der Waals surface area contributed by atoms with Gasteiger partial charge in [0.2, 0.25) is 0 Å². The monoisotopic (exact) mass is 198 g/mol. The van der Waals surface area contributed by atoms with E-state index in [1.165, 1.54) is 44.9 Å². The van der Waals surface area contributed by atoms with Gasteiger partial charge in [-0.25, -0.2) is 0 Å². The molecule has 1 saturated heterocycles. The van der Waals surface area contributed by atoms with Crippen LogP contribution in [0.2, 0.25) is 0 Å². The van der Waals surface area contributed by atoms with E-state index in [0.717, 1.165) is 25.0 Å². The fraction of sp³-hybridized carbons (Fsp3) is 1.00. The molecule has 84 valence electrons. The van der Waals surface area contributed by atoms with Gasteiger partial charge in [0.15, 0.2) is 0 Å². The molecule has 1 nitrogen and oxygen atoms in total. The zero-order chi connectivity index (χ0) is 10.2. The second-order valence-electron chi connectivity index (χ2n) is 5.07. The minimum Gasteiger partial charge on any atom is -0.381 e. The lowest BCUT2D eigenvalue weighted by Crippen LogP contribution is -2.13. The van der Waals surface area contributed by atoms with Gasteiger partial charge < -0.3 is 4.74 Å². The third-order valence-corrected chi connectivity index (χ3v) is 3.28. The molecule has 1 aliphatic heterocycles. The first-order chi connectivity index (χ1) is 6.79. The first-order valence-electron chi connectivity index (χ1n) is 6.37. The van der Waals surface area contributed by atoms with E-state index in [0.29, 0.717) is 0 Å². The van der Waals surface area contributed by atoms with E-state index in [9.17, 15) is 0 Å². The summed E-state index contributed by atoms with van der Waals surface area (Å²) in [6.45, 7) is 6.57. The number of hydrogen-bond donors (Lipinski definition) is 0. The topological polar surface area (TPSA) is 9.23 Å². The molecule has 0 radical (unpaired) electrons. The van der Waals surface area contributed by atoms with Crippen molar-refractivity contribution in [3.8, 4) is 0 Å². The Morgan fingerprint density at radius 2 is 1.43 bits per heavy atom. The fourth-order valence-corrected chi connectivity index (χ4v) is 2.21. The minimum atomic E-state index is 0.814. The molecule has 1 heterocycles. The second-order valence-corrected chi connectivity index (χ2v) is 5.07. The third-order valence-electron chi connectivity index (χ3n) is 3.28. The van der Waals surface area contributed by atoms with Crippen LogP contribution in [0.1, 0.15) is 58.8 Å². The molecule has 0 amide bonds. The highest BCUT2D eigenvalue weighted by Gasteiger charge is 2.06. The van der Waals surface area contributed by atoms with E-state index in [-0.39, 0.29) is 0 Å². The number of rotatable bonds is 0. The van der Waals surface area contributed by atoms with Crippen LogP contribution in [0.25, 0.3) is 0 Å². The Morgan fingerprint density at radius 3 is 1.71 bits per heavy atom. The average Bonchev–Trinajstić information content (AvgIpc) is 2.21. The van der Waals surface area contributed by atoms with Crippen molar-refractivity contribution in [1.29, 1.82) is 0 Å².